The molecule has 4 rings (SSSR count). The Morgan fingerprint density at radius 3 is 3.00 bits per heavy atom. The molecule has 0 aliphatic carbocycles. The fourth-order valence-corrected chi connectivity index (χ4v) is 4.75. The number of anilines is 1. The summed E-state index contributed by atoms with van der Waals surface area (Å²) in [6.45, 7) is 1.83. The molecule has 0 N–H and O–H groups in total. The Balaban J connectivity index is 1.54. The quantitative estimate of drug-likeness (QED) is 0.813. The summed E-state index contributed by atoms with van der Waals surface area (Å²) in [7, 11) is 3.66. The van der Waals surface area contributed by atoms with Crippen molar-refractivity contribution in [3.05, 3.63) is 36.4 Å². The molecule has 8 heteroatoms. The molecule has 1 amide bonds. The van der Waals surface area contributed by atoms with E-state index in [0.29, 0.717) is 6.54 Å². The highest BCUT2D eigenvalue weighted by molar-refractivity contribution is 7.99. The van der Waals surface area contributed by atoms with Crippen molar-refractivity contribution in [2.24, 2.45) is 7.05 Å². The predicted molar refractivity (Wildman–Crippen MR) is 100 cm³/mol. The summed E-state index contributed by atoms with van der Waals surface area (Å²) in [4.78, 5) is 18.4. The Morgan fingerprint density at radius 1 is 1.38 bits per heavy atom. The smallest absolute Gasteiger partial charge is 0.241 e. The lowest BCUT2D eigenvalue weighted by molar-refractivity contribution is -0.120. The second-order valence-corrected chi connectivity index (χ2v) is 7.84. The van der Waals surface area contributed by atoms with E-state index in [9.17, 15) is 4.79 Å². The minimum Gasteiger partial charge on any atom is -0.380 e. The summed E-state index contributed by atoms with van der Waals surface area (Å²) in [5, 5.41) is 8.26. The third-order valence-electron chi connectivity index (χ3n) is 5.11. The Labute approximate surface area is 157 Å². The number of fused-ring (bicyclic) bond motifs is 1. The summed E-state index contributed by atoms with van der Waals surface area (Å²) in [6, 6.07) is 8.17. The van der Waals surface area contributed by atoms with Gasteiger partial charge in [0.25, 0.3) is 0 Å². The van der Waals surface area contributed by atoms with Gasteiger partial charge in [-0.05, 0) is 18.6 Å². The molecule has 3 heterocycles. The highest BCUT2D eigenvalue weighted by Gasteiger charge is 2.38. The number of thioether (sulfide) groups is 1. The first-order valence-corrected chi connectivity index (χ1v) is 9.79. The van der Waals surface area contributed by atoms with Crippen LogP contribution in [0.4, 0.5) is 5.69 Å². The van der Waals surface area contributed by atoms with Crippen molar-refractivity contribution in [1.82, 2.24) is 19.7 Å². The summed E-state index contributed by atoms with van der Waals surface area (Å²) in [6.07, 6.45) is 2.63. The number of ether oxygens (including phenoxy) is 1. The van der Waals surface area contributed by atoms with Crippen LogP contribution in [0, 0.1) is 0 Å². The zero-order valence-electron chi connectivity index (χ0n) is 15.0. The van der Waals surface area contributed by atoms with Crippen molar-refractivity contribution in [3.8, 4) is 0 Å². The molecule has 1 fully saturated rings. The van der Waals surface area contributed by atoms with Gasteiger partial charge in [-0.15, -0.1) is 22.0 Å². The molecule has 2 atom stereocenters. The van der Waals surface area contributed by atoms with E-state index in [-0.39, 0.29) is 18.1 Å². The van der Waals surface area contributed by atoms with Crippen molar-refractivity contribution >= 4 is 23.4 Å². The maximum Gasteiger partial charge on any atom is 0.241 e. The molecule has 0 spiro atoms. The molecular formula is C18H23N5O2S. The molecule has 0 saturated carbocycles. The molecule has 0 radical (unpaired) electrons. The second-order valence-electron chi connectivity index (χ2n) is 6.70. The first-order valence-electron chi connectivity index (χ1n) is 8.80. The third-order valence-corrected chi connectivity index (χ3v) is 6.15. The maximum atomic E-state index is 13.1. The van der Waals surface area contributed by atoms with E-state index in [1.807, 2.05) is 46.5 Å². The number of aromatic nitrogens is 3. The third kappa shape index (κ3) is 3.24. The van der Waals surface area contributed by atoms with Crippen LogP contribution in [0.3, 0.4) is 0 Å². The molecule has 2 aliphatic rings. The zero-order valence-corrected chi connectivity index (χ0v) is 15.9. The first kappa shape index (κ1) is 17.5. The van der Waals surface area contributed by atoms with Crippen LogP contribution >= 0.6 is 11.8 Å². The van der Waals surface area contributed by atoms with Crippen LogP contribution in [-0.4, -0.2) is 64.2 Å². The Kier molecular flexibility index (Phi) is 4.97. The monoisotopic (exact) mass is 373 g/mol. The van der Waals surface area contributed by atoms with Crippen LogP contribution in [0.1, 0.15) is 18.3 Å². The Bertz CT molecular complexity index is 795. The van der Waals surface area contributed by atoms with E-state index in [0.717, 1.165) is 36.8 Å². The maximum absolute atomic E-state index is 13.1. The molecule has 2 aromatic rings. The van der Waals surface area contributed by atoms with Gasteiger partial charge in [0.2, 0.25) is 5.91 Å². The van der Waals surface area contributed by atoms with Gasteiger partial charge in [0.05, 0.1) is 24.4 Å². The Morgan fingerprint density at radius 2 is 2.23 bits per heavy atom. The van der Waals surface area contributed by atoms with Crippen LogP contribution in [0.5, 0.6) is 0 Å². The number of nitrogens with zero attached hydrogens (tertiary/aromatic N) is 5. The number of likely N-dealkylation sites (tertiary alicyclic amines) is 1. The average molecular weight is 373 g/mol. The summed E-state index contributed by atoms with van der Waals surface area (Å²) in [5.41, 5.74) is 1.02. The van der Waals surface area contributed by atoms with Gasteiger partial charge in [0.1, 0.15) is 12.2 Å². The molecule has 7 nitrogen and oxygen atoms in total. The number of hydrogen-bond acceptors (Lipinski definition) is 6. The molecular weight excluding hydrogens is 350 g/mol. The summed E-state index contributed by atoms with van der Waals surface area (Å²) in [5.74, 6) is 1.93. The van der Waals surface area contributed by atoms with Crippen molar-refractivity contribution in [2.45, 2.75) is 23.5 Å². The molecule has 1 aromatic heterocycles. The minimum absolute atomic E-state index is 0.0470. The highest BCUT2D eigenvalue weighted by atomic mass is 32.2. The van der Waals surface area contributed by atoms with Crippen molar-refractivity contribution < 1.29 is 9.53 Å². The topological polar surface area (TPSA) is 63.5 Å². The lowest BCUT2D eigenvalue weighted by atomic mass is 10.2. The van der Waals surface area contributed by atoms with Crippen LogP contribution in [0.25, 0.3) is 0 Å². The number of amides is 1. The number of hydrogen-bond donors (Lipinski definition) is 0. The van der Waals surface area contributed by atoms with Gasteiger partial charge in [-0.25, -0.2) is 0 Å². The van der Waals surface area contributed by atoms with E-state index in [1.54, 1.807) is 13.4 Å². The molecule has 138 valence electrons. The number of methoxy groups -OCH3 is 1. The molecule has 0 bridgehead atoms. The van der Waals surface area contributed by atoms with E-state index in [1.165, 1.54) is 4.90 Å². The van der Waals surface area contributed by atoms with Gasteiger partial charge in [0, 0.05) is 37.9 Å². The number of para-hydroxylation sites is 1. The predicted octanol–water partition coefficient (Wildman–Crippen LogP) is 1.72. The molecule has 26 heavy (non-hydrogen) atoms. The number of rotatable bonds is 4. The lowest BCUT2D eigenvalue weighted by Crippen LogP contribution is -2.43. The van der Waals surface area contributed by atoms with Gasteiger partial charge in [-0.1, -0.05) is 12.1 Å². The highest BCUT2D eigenvalue weighted by Crippen LogP contribution is 2.36. The standard InChI is InChI=1S/C18H23N5O2S/c1-21-12-19-20-18(21)15-9-13(25-2)10-22(15)11-17(24)23-7-8-26-16-6-4-3-5-14(16)23/h3-6,12-13,15H,7-11H2,1-2H3/t13-,15+/m1/s1. The van der Waals surface area contributed by atoms with Gasteiger partial charge in [-0.2, -0.15) is 0 Å². The van der Waals surface area contributed by atoms with Crippen LogP contribution < -0.4 is 4.90 Å². The molecule has 1 saturated heterocycles. The number of carbonyl (C=O) groups excluding carboxylic acids is 1. The van der Waals surface area contributed by atoms with Gasteiger partial charge in [-0.3, -0.25) is 9.69 Å². The van der Waals surface area contributed by atoms with Crippen LogP contribution in [-0.2, 0) is 16.6 Å². The molecule has 0 unspecified atom stereocenters. The molecule has 2 aliphatic heterocycles. The fourth-order valence-electron chi connectivity index (χ4n) is 3.76. The van der Waals surface area contributed by atoms with E-state index in [2.05, 4.69) is 21.2 Å². The van der Waals surface area contributed by atoms with Crippen molar-refractivity contribution in [3.63, 3.8) is 0 Å². The fraction of sp³-hybridized carbons (Fsp3) is 0.500. The normalized spacial score (nSPS) is 23.2. The van der Waals surface area contributed by atoms with Gasteiger partial charge in [0.15, 0.2) is 0 Å². The minimum atomic E-state index is 0.0470. The zero-order chi connectivity index (χ0) is 18.1. The second kappa shape index (κ2) is 7.38. The lowest BCUT2D eigenvalue weighted by Gasteiger charge is -2.31. The van der Waals surface area contributed by atoms with E-state index < -0.39 is 0 Å². The summed E-state index contributed by atoms with van der Waals surface area (Å²) < 4.78 is 7.49. The number of carbonyl (C=O) groups is 1. The molecule has 1 aromatic carbocycles. The van der Waals surface area contributed by atoms with Gasteiger partial charge >= 0.3 is 0 Å². The first-order chi connectivity index (χ1) is 12.7. The Hall–Kier alpha value is -1.90. The van der Waals surface area contributed by atoms with Crippen LogP contribution in [0.2, 0.25) is 0 Å². The van der Waals surface area contributed by atoms with E-state index >= 15 is 0 Å². The SMILES string of the molecule is CO[C@@H]1C[C@@H](c2nncn2C)N(CC(=O)N2CCSc3ccccc32)C1. The summed E-state index contributed by atoms with van der Waals surface area (Å²) >= 11 is 1.81. The van der Waals surface area contributed by atoms with Gasteiger partial charge < -0.3 is 14.2 Å². The number of aryl methyl sites for hydroxylation is 1. The number of benzene rings is 1. The van der Waals surface area contributed by atoms with Crippen LogP contribution in [0.15, 0.2) is 35.5 Å². The van der Waals surface area contributed by atoms with E-state index in [4.69, 9.17) is 4.74 Å². The average Bonchev–Trinajstić information content (AvgIpc) is 3.26. The van der Waals surface area contributed by atoms with Crippen molar-refractivity contribution in [1.29, 1.82) is 0 Å². The van der Waals surface area contributed by atoms with Crippen molar-refractivity contribution in [2.75, 3.05) is 37.4 Å². The largest absolute Gasteiger partial charge is 0.380 e.